The van der Waals surface area contributed by atoms with Gasteiger partial charge in [0.2, 0.25) is 0 Å². The van der Waals surface area contributed by atoms with Crippen molar-refractivity contribution >= 4 is 17.3 Å². The van der Waals surface area contributed by atoms with Crippen LogP contribution in [0.2, 0.25) is 0 Å². The molecule has 1 aromatic carbocycles. The van der Waals surface area contributed by atoms with Gasteiger partial charge in [-0.1, -0.05) is 0 Å². The van der Waals surface area contributed by atoms with E-state index in [1.165, 1.54) is 0 Å². The molecule has 6 nitrogen and oxygen atoms in total. The first kappa shape index (κ1) is 16.3. The molecule has 0 radical (unpaired) electrons. The summed E-state index contributed by atoms with van der Waals surface area (Å²) in [6.07, 6.45) is 0. The Morgan fingerprint density at radius 1 is 1.40 bits per heavy atom. The highest BCUT2D eigenvalue weighted by molar-refractivity contribution is 5.97. The zero-order valence-electron chi connectivity index (χ0n) is 12.0. The SMILES string of the molecule is CCOC(=O)c1cc(N)ccc1N(CCO)CCOC. The van der Waals surface area contributed by atoms with Crippen LogP contribution in [0.1, 0.15) is 17.3 Å². The topological polar surface area (TPSA) is 85.0 Å². The third kappa shape index (κ3) is 4.40. The molecule has 3 N–H and O–H groups in total. The Kier molecular flexibility index (Phi) is 6.83. The van der Waals surface area contributed by atoms with Crippen LogP contribution in [0, 0.1) is 0 Å². The van der Waals surface area contributed by atoms with Crippen LogP contribution in [0.25, 0.3) is 0 Å². The van der Waals surface area contributed by atoms with Gasteiger partial charge in [0.25, 0.3) is 0 Å². The van der Waals surface area contributed by atoms with Crippen LogP contribution in [0.5, 0.6) is 0 Å². The number of methoxy groups -OCH3 is 1. The minimum absolute atomic E-state index is 0.0175. The number of nitrogen functional groups attached to an aromatic ring is 1. The van der Waals surface area contributed by atoms with Gasteiger partial charge in [0.1, 0.15) is 0 Å². The zero-order chi connectivity index (χ0) is 15.0. The molecule has 0 saturated carbocycles. The molecule has 0 aliphatic rings. The molecule has 112 valence electrons. The van der Waals surface area contributed by atoms with Crippen molar-refractivity contribution in [3.05, 3.63) is 23.8 Å². The molecule has 1 rings (SSSR count). The fraction of sp³-hybridized carbons (Fsp3) is 0.500. The first-order chi connectivity index (χ1) is 9.63. The Bertz CT molecular complexity index is 437. The number of nitrogens with two attached hydrogens (primary N) is 1. The summed E-state index contributed by atoms with van der Waals surface area (Å²) < 4.78 is 10.1. The summed E-state index contributed by atoms with van der Waals surface area (Å²) in [5, 5.41) is 9.16. The zero-order valence-corrected chi connectivity index (χ0v) is 12.0. The number of hydrogen-bond donors (Lipinski definition) is 2. The van der Waals surface area contributed by atoms with E-state index in [2.05, 4.69) is 0 Å². The smallest absolute Gasteiger partial charge is 0.340 e. The van der Waals surface area contributed by atoms with Gasteiger partial charge in [0.15, 0.2) is 0 Å². The number of anilines is 2. The number of ether oxygens (including phenoxy) is 2. The van der Waals surface area contributed by atoms with Crippen LogP contribution in [0.4, 0.5) is 11.4 Å². The highest BCUT2D eigenvalue weighted by Gasteiger charge is 2.17. The third-order valence-electron chi connectivity index (χ3n) is 2.79. The van der Waals surface area contributed by atoms with E-state index in [4.69, 9.17) is 20.3 Å². The number of hydrogen-bond acceptors (Lipinski definition) is 6. The lowest BCUT2D eigenvalue weighted by molar-refractivity contribution is 0.0527. The lowest BCUT2D eigenvalue weighted by atomic mass is 10.1. The highest BCUT2D eigenvalue weighted by Crippen LogP contribution is 2.24. The van der Waals surface area contributed by atoms with E-state index in [1.54, 1.807) is 32.2 Å². The number of benzene rings is 1. The van der Waals surface area contributed by atoms with E-state index in [0.29, 0.717) is 43.2 Å². The van der Waals surface area contributed by atoms with E-state index in [-0.39, 0.29) is 6.61 Å². The maximum Gasteiger partial charge on any atom is 0.340 e. The second-order valence-corrected chi connectivity index (χ2v) is 4.20. The molecule has 0 aliphatic heterocycles. The van der Waals surface area contributed by atoms with Crippen LogP contribution in [0.15, 0.2) is 18.2 Å². The Morgan fingerprint density at radius 2 is 2.15 bits per heavy atom. The Morgan fingerprint density at radius 3 is 2.75 bits per heavy atom. The Labute approximate surface area is 119 Å². The minimum atomic E-state index is -0.421. The van der Waals surface area contributed by atoms with E-state index >= 15 is 0 Å². The number of esters is 1. The average Bonchev–Trinajstić information content (AvgIpc) is 2.44. The molecule has 0 heterocycles. The number of aliphatic hydroxyl groups is 1. The number of rotatable bonds is 8. The summed E-state index contributed by atoms with van der Waals surface area (Å²) in [4.78, 5) is 13.9. The van der Waals surface area contributed by atoms with E-state index < -0.39 is 5.97 Å². The summed E-state index contributed by atoms with van der Waals surface area (Å²) in [6.45, 7) is 3.49. The van der Waals surface area contributed by atoms with Crippen molar-refractivity contribution in [1.82, 2.24) is 0 Å². The molecule has 0 fully saturated rings. The molecule has 0 amide bonds. The van der Waals surface area contributed by atoms with Crippen LogP contribution < -0.4 is 10.6 Å². The van der Waals surface area contributed by atoms with Crippen molar-refractivity contribution < 1.29 is 19.4 Å². The van der Waals surface area contributed by atoms with Crippen molar-refractivity contribution in [1.29, 1.82) is 0 Å². The van der Waals surface area contributed by atoms with Gasteiger partial charge < -0.3 is 25.2 Å². The van der Waals surface area contributed by atoms with Gasteiger partial charge in [0, 0.05) is 25.9 Å². The van der Waals surface area contributed by atoms with Crippen molar-refractivity contribution in [2.75, 3.05) is 50.7 Å². The molecule has 0 unspecified atom stereocenters. The normalized spacial score (nSPS) is 10.3. The number of carbonyl (C=O) groups excluding carboxylic acids is 1. The molecule has 0 bridgehead atoms. The van der Waals surface area contributed by atoms with Gasteiger partial charge >= 0.3 is 5.97 Å². The second-order valence-electron chi connectivity index (χ2n) is 4.20. The Balaban J connectivity index is 3.08. The monoisotopic (exact) mass is 282 g/mol. The summed E-state index contributed by atoms with van der Waals surface area (Å²) in [5.74, 6) is -0.421. The maximum atomic E-state index is 12.0. The predicted octanol–water partition coefficient (Wildman–Crippen LogP) is 0.891. The quantitative estimate of drug-likeness (QED) is 0.544. The first-order valence-electron chi connectivity index (χ1n) is 6.55. The van der Waals surface area contributed by atoms with Crippen molar-refractivity contribution in [3.8, 4) is 0 Å². The molecular formula is C14H22N2O4. The summed E-state index contributed by atoms with van der Waals surface area (Å²) in [7, 11) is 1.60. The molecule has 1 aromatic rings. The number of nitrogens with zero attached hydrogens (tertiary/aromatic N) is 1. The fourth-order valence-corrected chi connectivity index (χ4v) is 1.88. The molecule has 0 aliphatic carbocycles. The van der Waals surface area contributed by atoms with Gasteiger partial charge in [-0.3, -0.25) is 0 Å². The molecule has 20 heavy (non-hydrogen) atoms. The molecule has 0 atom stereocenters. The van der Waals surface area contributed by atoms with Crippen LogP contribution >= 0.6 is 0 Å². The molecule has 0 aromatic heterocycles. The van der Waals surface area contributed by atoms with E-state index in [1.807, 2.05) is 4.90 Å². The van der Waals surface area contributed by atoms with Crippen molar-refractivity contribution in [3.63, 3.8) is 0 Å². The summed E-state index contributed by atoms with van der Waals surface area (Å²) in [6, 6.07) is 5.06. The van der Waals surface area contributed by atoms with Gasteiger partial charge in [-0.2, -0.15) is 0 Å². The standard InChI is InChI=1S/C14H22N2O4/c1-3-20-14(18)12-10-11(15)4-5-13(12)16(6-8-17)7-9-19-2/h4-5,10,17H,3,6-9,15H2,1-2H3. The molecule has 0 spiro atoms. The van der Waals surface area contributed by atoms with Crippen molar-refractivity contribution in [2.45, 2.75) is 6.92 Å². The minimum Gasteiger partial charge on any atom is -0.462 e. The van der Waals surface area contributed by atoms with E-state index in [9.17, 15) is 4.79 Å². The third-order valence-corrected chi connectivity index (χ3v) is 2.79. The van der Waals surface area contributed by atoms with Crippen LogP contribution in [-0.2, 0) is 9.47 Å². The summed E-state index contributed by atoms with van der Waals surface area (Å²) >= 11 is 0. The maximum absolute atomic E-state index is 12.0. The molecular weight excluding hydrogens is 260 g/mol. The largest absolute Gasteiger partial charge is 0.462 e. The molecule has 0 saturated heterocycles. The van der Waals surface area contributed by atoms with Gasteiger partial charge in [-0.25, -0.2) is 4.79 Å². The number of aliphatic hydroxyl groups excluding tert-OH is 1. The highest BCUT2D eigenvalue weighted by atomic mass is 16.5. The van der Waals surface area contributed by atoms with E-state index in [0.717, 1.165) is 0 Å². The Hall–Kier alpha value is -1.79. The van der Waals surface area contributed by atoms with Gasteiger partial charge in [-0.15, -0.1) is 0 Å². The second kappa shape index (κ2) is 8.39. The van der Waals surface area contributed by atoms with Crippen LogP contribution in [-0.4, -0.2) is 51.1 Å². The predicted molar refractivity (Wildman–Crippen MR) is 78.0 cm³/mol. The number of carbonyl (C=O) groups is 1. The first-order valence-corrected chi connectivity index (χ1v) is 6.55. The lowest BCUT2D eigenvalue weighted by Crippen LogP contribution is -2.31. The van der Waals surface area contributed by atoms with Crippen molar-refractivity contribution in [2.24, 2.45) is 0 Å². The average molecular weight is 282 g/mol. The van der Waals surface area contributed by atoms with Gasteiger partial charge in [-0.05, 0) is 25.1 Å². The molecule has 6 heteroatoms. The summed E-state index contributed by atoms with van der Waals surface area (Å²) in [5.41, 5.74) is 7.31. The fourth-order valence-electron chi connectivity index (χ4n) is 1.88. The van der Waals surface area contributed by atoms with Crippen LogP contribution in [0.3, 0.4) is 0 Å². The lowest BCUT2D eigenvalue weighted by Gasteiger charge is -2.25. The van der Waals surface area contributed by atoms with Gasteiger partial charge in [0.05, 0.1) is 31.1 Å².